The van der Waals surface area contributed by atoms with Crippen LogP contribution in [0.5, 0.6) is 0 Å². The number of carbonyl (C=O) groups excluding carboxylic acids is 1. The molecule has 0 radical (unpaired) electrons. The van der Waals surface area contributed by atoms with Crippen molar-refractivity contribution in [2.75, 3.05) is 0 Å². The predicted octanol–water partition coefficient (Wildman–Crippen LogP) is 4.09. The third kappa shape index (κ3) is 4.12. The lowest BCUT2D eigenvalue weighted by atomic mass is 9.79. The highest BCUT2D eigenvalue weighted by Gasteiger charge is 2.37. The van der Waals surface area contributed by atoms with Crippen molar-refractivity contribution in [2.24, 2.45) is 0 Å². The van der Waals surface area contributed by atoms with E-state index in [9.17, 15) is 4.79 Å². The maximum Gasteiger partial charge on any atom is 0.408 e. The van der Waals surface area contributed by atoms with Gasteiger partial charge in [-0.2, -0.15) is 5.26 Å². The lowest BCUT2D eigenvalue weighted by molar-refractivity contribution is 0.116. The summed E-state index contributed by atoms with van der Waals surface area (Å²) in [5, 5.41) is 12.6. The zero-order chi connectivity index (χ0) is 18.4. The third-order valence-electron chi connectivity index (χ3n) is 4.61. The molecule has 1 aliphatic carbocycles. The SMILES string of the molecule is N#Cc1nccc(C2(NC(=O)OCc3ccccc3Cl)CCCCC2)n1. The lowest BCUT2D eigenvalue weighted by Gasteiger charge is -2.37. The van der Waals surface area contributed by atoms with Crippen LogP contribution in [-0.4, -0.2) is 16.1 Å². The van der Waals surface area contributed by atoms with Gasteiger partial charge >= 0.3 is 6.09 Å². The molecule has 1 fully saturated rings. The first-order chi connectivity index (χ1) is 12.6. The van der Waals surface area contributed by atoms with Crippen molar-refractivity contribution in [2.45, 2.75) is 44.2 Å². The van der Waals surface area contributed by atoms with Crippen LogP contribution in [-0.2, 0) is 16.9 Å². The van der Waals surface area contributed by atoms with Gasteiger partial charge in [0.1, 0.15) is 12.7 Å². The summed E-state index contributed by atoms with van der Waals surface area (Å²) in [6.45, 7) is 0.0921. The molecule has 0 bridgehead atoms. The molecule has 1 aromatic carbocycles. The topological polar surface area (TPSA) is 87.9 Å². The fourth-order valence-corrected chi connectivity index (χ4v) is 3.46. The average molecular weight is 371 g/mol. The molecule has 6 nitrogen and oxygen atoms in total. The Kier molecular flexibility index (Phi) is 5.69. The molecule has 0 spiro atoms. The van der Waals surface area contributed by atoms with Crippen LogP contribution in [0, 0.1) is 11.3 Å². The number of alkyl carbamates (subject to hydrolysis) is 1. The van der Waals surface area contributed by atoms with Crippen LogP contribution in [0.3, 0.4) is 0 Å². The first kappa shape index (κ1) is 18.2. The first-order valence-corrected chi connectivity index (χ1v) is 8.93. The van der Waals surface area contributed by atoms with Gasteiger partial charge in [0, 0.05) is 16.8 Å². The van der Waals surface area contributed by atoms with Crippen LogP contribution in [0.4, 0.5) is 4.79 Å². The third-order valence-corrected chi connectivity index (χ3v) is 4.98. The Morgan fingerprint density at radius 2 is 2.04 bits per heavy atom. The van der Waals surface area contributed by atoms with Crippen molar-refractivity contribution in [3.05, 3.63) is 58.6 Å². The van der Waals surface area contributed by atoms with Crippen LogP contribution in [0.2, 0.25) is 5.02 Å². The molecular weight excluding hydrogens is 352 g/mol. The minimum Gasteiger partial charge on any atom is -0.445 e. The number of hydrogen-bond acceptors (Lipinski definition) is 5. The maximum absolute atomic E-state index is 12.4. The molecule has 1 amide bonds. The van der Waals surface area contributed by atoms with E-state index in [2.05, 4.69) is 15.3 Å². The van der Waals surface area contributed by atoms with Crippen LogP contribution >= 0.6 is 11.6 Å². The molecule has 0 saturated heterocycles. The number of benzene rings is 1. The number of nitrogens with one attached hydrogen (secondary N) is 1. The van der Waals surface area contributed by atoms with Crippen LogP contribution in [0.25, 0.3) is 0 Å². The van der Waals surface area contributed by atoms with Crippen molar-refractivity contribution >= 4 is 17.7 Å². The van der Waals surface area contributed by atoms with E-state index in [1.54, 1.807) is 18.3 Å². The molecular formula is C19H19ClN4O2. The summed E-state index contributed by atoms with van der Waals surface area (Å²) < 4.78 is 5.37. The second kappa shape index (κ2) is 8.15. The standard InChI is InChI=1S/C19H19ClN4O2/c20-15-7-3-2-6-14(15)13-26-18(25)24-19(9-4-1-5-10-19)16-8-11-22-17(12-21)23-16/h2-3,6-8,11H,1,4-5,9-10,13H2,(H,24,25). The normalized spacial score (nSPS) is 15.7. The monoisotopic (exact) mass is 370 g/mol. The molecule has 2 aromatic rings. The molecule has 1 heterocycles. The van der Waals surface area contributed by atoms with E-state index < -0.39 is 11.6 Å². The van der Waals surface area contributed by atoms with Gasteiger partial charge in [0.25, 0.3) is 0 Å². The molecule has 7 heteroatoms. The summed E-state index contributed by atoms with van der Waals surface area (Å²) in [5.74, 6) is 0.0960. The highest BCUT2D eigenvalue weighted by Crippen LogP contribution is 2.36. The van der Waals surface area contributed by atoms with Crippen LogP contribution in [0.15, 0.2) is 36.5 Å². The number of nitrogens with zero attached hydrogens (tertiary/aromatic N) is 3. The second-order valence-electron chi connectivity index (χ2n) is 6.31. The summed E-state index contributed by atoms with van der Waals surface area (Å²) in [6.07, 6.45) is 5.56. The molecule has 3 rings (SSSR count). The number of halogens is 1. The Hall–Kier alpha value is -2.65. The molecule has 1 aromatic heterocycles. The van der Waals surface area contributed by atoms with Crippen LogP contribution < -0.4 is 5.32 Å². The fraction of sp³-hybridized carbons (Fsp3) is 0.368. The largest absolute Gasteiger partial charge is 0.445 e. The molecule has 1 aliphatic rings. The quantitative estimate of drug-likeness (QED) is 0.875. The number of hydrogen-bond donors (Lipinski definition) is 1. The number of amides is 1. The maximum atomic E-state index is 12.4. The number of carbonyl (C=O) groups is 1. The van der Waals surface area contributed by atoms with Crippen molar-refractivity contribution in [3.63, 3.8) is 0 Å². The summed E-state index contributed by atoms with van der Waals surface area (Å²) in [7, 11) is 0. The number of ether oxygens (including phenoxy) is 1. The Morgan fingerprint density at radius 3 is 2.77 bits per heavy atom. The highest BCUT2D eigenvalue weighted by molar-refractivity contribution is 6.31. The minimum atomic E-state index is -0.635. The molecule has 1 saturated carbocycles. The number of aromatic nitrogens is 2. The molecule has 134 valence electrons. The number of rotatable bonds is 4. The zero-order valence-corrected chi connectivity index (χ0v) is 15.0. The molecule has 0 unspecified atom stereocenters. The smallest absolute Gasteiger partial charge is 0.408 e. The van der Waals surface area contributed by atoms with Gasteiger partial charge in [-0.1, -0.05) is 49.1 Å². The minimum absolute atomic E-state index is 0.0921. The van der Waals surface area contributed by atoms with Gasteiger partial charge in [-0.15, -0.1) is 0 Å². The van der Waals surface area contributed by atoms with Gasteiger partial charge in [0.05, 0.1) is 11.2 Å². The Morgan fingerprint density at radius 1 is 1.27 bits per heavy atom. The highest BCUT2D eigenvalue weighted by atomic mass is 35.5. The van der Waals surface area contributed by atoms with E-state index in [4.69, 9.17) is 21.6 Å². The number of nitriles is 1. The van der Waals surface area contributed by atoms with E-state index in [1.807, 2.05) is 24.3 Å². The van der Waals surface area contributed by atoms with Gasteiger partial charge < -0.3 is 10.1 Å². The summed E-state index contributed by atoms with van der Waals surface area (Å²) in [4.78, 5) is 20.7. The van der Waals surface area contributed by atoms with Crippen molar-refractivity contribution in [1.29, 1.82) is 5.26 Å². The van der Waals surface area contributed by atoms with Crippen molar-refractivity contribution < 1.29 is 9.53 Å². The average Bonchev–Trinajstić information content (AvgIpc) is 2.68. The Bertz CT molecular complexity index is 828. The lowest BCUT2D eigenvalue weighted by Crippen LogP contribution is -2.48. The summed E-state index contributed by atoms with van der Waals surface area (Å²) in [6, 6.07) is 10.9. The van der Waals surface area contributed by atoms with Crippen molar-refractivity contribution in [3.8, 4) is 6.07 Å². The Balaban J connectivity index is 1.75. The summed E-state index contributed by atoms with van der Waals surface area (Å²) >= 11 is 6.10. The zero-order valence-electron chi connectivity index (χ0n) is 14.2. The van der Waals surface area contributed by atoms with E-state index in [-0.39, 0.29) is 12.4 Å². The molecule has 1 N–H and O–H groups in total. The van der Waals surface area contributed by atoms with Crippen LogP contribution in [0.1, 0.15) is 49.2 Å². The van der Waals surface area contributed by atoms with Gasteiger partial charge in [0.15, 0.2) is 0 Å². The predicted molar refractivity (Wildman–Crippen MR) is 96.3 cm³/mol. The van der Waals surface area contributed by atoms with Gasteiger partial charge in [-0.3, -0.25) is 0 Å². The van der Waals surface area contributed by atoms with E-state index >= 15 is 0 Å². The van der Waals surface area contributed by atoms with Crippen molar-refractivity contribution in [1.82, 2.24) is 15.3 Å². The molecule has 0 atom stereocenters. The van der Waals surface area contributed by atoms with E-state index in [0.717, 1.165) is 37.7 Å². The van der Waals surface area contributed by atoms with Gasteiger partial charge in [-0.25, -0.2) is 14.8 Å². The first-order valence-electron chi connectivity index (χ1n) is 8.55. The van der Waals surface area contributed by atoms with Gasteiger partial charge in [0.2, 0.25) is 5.82 Å². The fourth-order valence-electron chi connectivity index (χ4n) is 3.27. The van der Waals surface area contributed by atoms with Gasteiger partial charge in [-0.05, 0) is 25.0 Å². The molecule has 26 heavy (non-hydrogen) atoms. The second-order valence-corrected chi connectivity index (χ2v) is 6.72. The molecule has 0 aliphatic heterocycles. The van der Waals surface area contributed by atoms with E-state index in [1.165, 1.54) is 0 Å². The summed E-state index contributed by atoms with van der Waals surface area (Å²) in [5.41, 5.74) is 0.763. The Labute approximate surface area is 157 Å². The van der Waals surface area contributed by atoms with E-state index in [0.29, 0.717) is 10.7 Å².